The van der Waals surface area contributed by atoms with E-state index in [1.165, 1.54) is 24.3 Å². The molecule has 23 heavy (non-hydrogen) atoms. The van der Waals surface area contributed by atoms with Gasteiger partial charge >= 0.3 is 0 Å². The number of nitrogens with two attached hydrogens (primary N) is 1. The topological polar surface area (TPSA) is 72.2 Å². The largest absolute Gasteiger partial charge is 0.366 e. The molecule has 0 saturated carbocycles. The SMILES string of the molecule is CC[C@H](NC(=O)c1ccc(C(N)=O)cc1)c1cc(F)ccc1F. The van der Waals surface area contributed by atoms with E-state index in [4.69, 9.17) is 5.73 Å². The maximum absolute atomic E-state index is 13.8. The van der Waals surface area contributed by atoms with Crippen molar-refractivity contribution in [2.24, 2.45) is 5.73 Å². The van der Waals surface area contributed by atoms with E-state index >= 15 is 0 Å². The average molecular weight is 318 g/mol. The fraction of sp³-hybridized carbons (Fsp3) is 0.176. The summed E-state index contributed by atoms with van der Waals surface area (Å²) in [6, 6.07) is 8.22. The van der Waals surface area contributed by atoms with Crippen LogP contribution in [0, 0.1) is 11.6 Å². The molecule has 0 fully saturated rings. The molecule has 2 aromatic rings. The van der Waals surface area contributed by atoms with Gasteiger partial charge in [0, 0.05) is 16.7 Å². The first-order chi connectivity index (χ1) is 10.9. The van der Waals surface area contributed by atoms with E-state index in [1.807, 2.05) is 0 Å². The Balaban J connectivity index is 2.19. The summed E-state index contributed by atoms with van der Waals surface area (Å²) in [5.74, 6) is -2.19. The van der Waals surface area contributed by atoms with Gasteiger partial charge in [0.2, 0.25) is 5.91 Å². The summed E-state index contributed by atoms with van der Waals surface area (Å²) >= 11 is 0. The van der Waals surface area contributed by atoms with Gasteiger partial charge in [-0.2, -0.15) is 0 Å². The highest BCUT2D eigenvalue weighted by Crippen LogP contribution is 2.21. The van der Waals surface area contributed by atoms with Crippen LogP contribution in [0.1, 0.15) is 45.7 Å². The maximum Gasteiger partial charge on any atom is 0.251 e. The van der Waals surface area contributed by atoms with Gasteiger partial charge < -0.3 is 11.1 Å². The van der Waals surface area contributed by atoms with Crippen LogP contribution in [0.5, 0.6) is 0 Å². The minimum Gasteiger partial charge on any atom is -0.366 e. The Morgan fingerprint density at radius 3 is 2.26 bits per heavy atom. The Morgan fingerprint density at radius 2 is 1.70 bits per heavy atom. The van der Waals surface area contributed by atoms with Crippen molar-refractivity contribution in [3.05, 3.63) is 70.8 Å². The monoisotopic (exact) mass is 318 g/mol. The number of carbonyl (C=O) groups is 2. The lowest BCUT2D eigenvalue weighted by Gasteiger charge is -2.18. The molecule has 0 spiro atoms. The number of benzene rings is 2. The molecule has 2 aromatic carbocycles. The third-order valence-electron chi connectivity index (χ3n) is 3.48. The molecule has 0 unspecified atom stereocenters. The van der Waals surface area contributed by atoms with Crippen molar-refractivity contribution >= 4 is 11.8 Å². The number of nitrogens with one attached hydrogen (secondary N) is 1. The molecule has 1 atom stereocenters. The lowest BCUT2D eigenvalue weighted by molar-refractivity contribution is 0.0932. The van der Waals surface area contributed by atoms with Gasteiger partial charge in [-0.15, -0.1) is 0 Å². The standard InChI is InChI=1S/C17H16F2N2O2/c1-2-15(13-9-12(18)7-8-14(13)19)21-17(23)11-5-3-10(4-6-11)16(20)22/h3-9,15H,2H2,1H3,(H2,20,22)(H,21,23)/t15-/m0/s1. The third-order valence-corrected chi connectivity index (χ3v) is 3.48. The van der Waals surface area contributed by atoms with Gasteiger partial charge in [-0.25, -0.2) is 8.78 Å². The van der Waals surface area contributed by atoms with Crippen molar-refractivity contribution in [2.75, 3.05) is 0 Å². The predicted octanol–water partition coefficient (Wildman–Crippen LogP) is 2.94. The average Bonchev–Trinajstić information content (AvgIpc) is 2.55. The number of amides is 2. The van der Waals surface area contributed by atoms with E-state index in [0.717, 1.165) is 18.2 Å². The van der Waals surface area contributed by atoms with Gasteiger partial charge in [-0.1, -0.05) is 6.92 Å². The van der Waals surface area contributed by atoms with Crippen molar-refractivity contribution in [3.8, 4) is 0 Å². The fourth-order valence-corrected chi connectivity index (χ4v) is 2.21. The second-order valence-electron chi connectivity index (χ2n) is 5.04. The Kier molecular flexibility index (Phi) is 5.05. The van der Waals surface area contributed by atoms with E-state index < -0.39 is 29.5 Å². The molecule has 0 radical (unpaired) electrons. The van der Waals surface area contributed by atoms with E-state index in [-0.39, 0.29) is 11.1 Å². The number of hydrogen-bond donors (Lipinski definition) is 2. The van der Waals surface area contributed by atoms with Crippen LogP contribution in [0.3, 0.4) is 0 Å². The number of carbonyl (C=O) groups excluding carboxylic acids is 2. The molecule has 2 amide bonds. The van der Waals surface area contributed by atoms with Crippen molar-refractivity contribution < 1.29 is 18.4 Å². The van der Waals surface area contributed by atoms with Crippen LogP contribution < -0.4 is 11.1 Å². The van der Waals surface area contributed by atoms with Gasteiger partial charge in [0.15, 0.2) is 0 Å². The molecule has 0 aliphatic carbocycles. The molecule has 0 heterocycles. The molecule has 0 saturated heterocycles. The highest BCUT2D eigenvalue weighted by Gasteiger charge is 2.18. The zero-order valence-electron chi connectivity index (χ0n) is 12.5. The normalized spacial score (nSPS) is 11.8. The molecular weight excluding hydrogens is 302 g/mol. The van der Waals surface area contributed by atoms with E-state index in [2.05, 4.69) is 5.32 Å². The summed E-state index contributed by atoms with van der Waals surface area (Å²) in [7, 11) is 0. The molecule has 0 aliphatic rings. The molecule has 120 valence electrons. The number of halogens is 2. The molecule has 0 aromatic heterocycles. The molecule has 4 nitrogen and oxygen atoms in total. The summed E-state index contributed by atoms with van der Waals surface area (Å²) in [5, 5.41) is 2.65. The number of primary amides is 1. The zero-order valence-corrected chi connectivity index (χ0v) is 12.5. The molecule has 0 aliphatic heterocycles. The molecule has 2 rings (SSSR count). The van der Waals surface area contributed by atoms with Crippen LogP contribution in [0.4, 0.5) is 8.78 Å². The van der Waals surface area contributed by atoms with Gasteiger partial charge in [-0.05, 0) is 48.9 Å². The lowest BCUT2D eigenvalue weighted by atomic mass is 10.0. The van der Waals surface area contributed by atoms with E-state index in [0.29, 0.717) is 12.0 Å². The summed E-state index contributed by atoms with van der Waals surface area (Å²) in [5.41, 5.74) is 5.80. The minimum absolute atomic E-state index is 0.0922. The van der Waals surface area contributed by atoms with Crippen LogP contribution in [-0.4, -0.2) is 11.8 Å². The second kappa shape index (κ2) is 7.00. The van der Waals surface area contributed by atoms with E-state index in [1.54, 1.807) is 6.92 Å². The fourth-order valence-electron chi connectivity index (χ4n) is 2.21. The first-order valence-electron chi connectivity index (χ1n) is 7.08. The summed E-state index contributed by atoms with van der Waals surface area (Å²) in [6.07, 6.45) is 0.394. The smallest absolute Gasteiger partial charge is 0.251 e. The zero-order chi connectivity index (χ0) is 17.0. The summed E-state index contributed by atoms with van der Waals surface area (Å²) in [6.45, 7) is 1.76. The van der Waals surface area contributed by atoms with E-state index in [9.17, 15) is 18.4 Å². The van der Waals surface area contributed by atoms with Crippen LogP contribution in [-0.2, 0) is 0 Å². The highest BCUT2D eigenvalue weighted by molar-refractivity contribution is 5.97. The van der Waals surface area contributed by atoms with Gasteiger partial charge in [0.1, 0.15) is 11.6 Å². The Labute approximate surface area is 132 Å². The Morgan fingerprint density at radius 1 is 1.09 bits per heavy atom. The van der Waals surface area contributed by atoms with Crippen LogP contribution in [0.15, 0.2) is 42.5 Å². The van der Waals surface area contributed by atoms with Crippen molar-refractivity contribution in [3.63, 3.8) is 0 Å². The quantitative estimate of drug-likeness (QED) is 0.889. The molecule has 0 bridgehead atoms. The minimum atomic E-state index is -0.658. The number of rotatable bonds is 5. The van der Waals surface area contributed by atoms with Crippen molar-refractivity contribution in [2.45, 2.75) is 19.4 Å². The van der Waals surface area contributed by atoms with Gasteiger partial charge in [0.25, 0.3) is 5.91 Å². The Bertz CT molecular complexity index is 730. The first kappa shape index (κ1) is 16.6. The summed E-state index contributed by atoms with van der Waals surface area (Å²) < 4.78 is 27.1. The molecular formula is C17H16F2N2O2. The van der Waals surface area contributed by atoms with Crippen molar-refractivity contribution in [1.82, 2.24) is 5.32 Å². The second-order valence-corrected chi connectivity index (χ2v) is 5.04. The summed E-state index contributed by atoms with van der Waals surface area (Å²) in [4.78, 5) is 23.2. The first-order valence-corrected chi connectivity index (χ1v) is 7.08. The number of hydrogen-bond acceptors (Lipinski definition) is 2. The van der Waals surface area contributed by atoms with Crippen LogP contribution in [0.25, 0.3) is 0 Å². The van der Waals surface area contributed by atoms with Gasteiger partial charge in [-0.3, -0.25) is 9.59 Å². The Hall–Kier alpha value is -2.76. The maximum atomic E-state index is 13.8. The van der Waals surface area contributed by atoms with Gasteiger partial charge in [0.05, 0.1) is 6.04 Å². The van der Waals surface area contributed by atoms with Crippen LogP contribution in [0.2, 0.25) is 0 Å². The lowest BCUT2D eigenvalue weighted by Crippen LogP contribution is -2.29. The van der Waals surface area contributed by atoms with Crippen LogP contribution >= 0.6 is 0 Å². The van der Waals surface area contributed by atoms with Crippen molar-refractivity contribution in [1.29, 1.82) is 0 Å². The molecule has 3 N–H and O–H groups in total. The predicted molar refractivity (Wildman–Crippen MR) is 81.8 cm³/mol. The third kappa shape index (κ3) is 3.91. The highest BCUT2D eigenvalue weighted by atomic mass is 19.1. The molecule has 6 heteroatoms.